The highest BCUT2D eigenvalue weighted by molar-refractivity contribution is 5.93. The maximum absolute atomic E-state index is 12.4. The molecule has 2 fully saturated rings. The normalized spacial score (nSPS) is 28.2. The Bertz CT molecular complexity index is 546. The highest BCUT2D eigenvalue weighted by atomic mass is 16.5. The van der Waals surface area contributed by atoms with Gasteiger partial charge >= 0.3 is 5.97 Å². The van der Waals surface area contributed by atoms with Crippen LogP contribution in [-0.4, -0.2) is 43.0 Å². The molecule has 2 aliphatic rings. The molecular formula is C16H20N2O3. The molecule has 2 saturated heterocycles. The van der Waals surface area contributed by atoms with Crippen molar-refractivity contribution in [3.8, 4) is 0 Å². The van der Waals surface area contributed by atoms with E-state index < -0.39 is 5.41 Å². The minimum atomic E-state index is -0.706. The summed E-state index contributed by atoms with van der Waals surface area (Å²) in [6.07, 6.45) is 0. The summed E-state index contributed by atoms with van der Waals surface area (Å²) in [5.74, 6) is -0.567. The maximum atomic E-state index is 12.4. The minimum absolute atomic E-state index is 0.0291. The Balaban J connectivity index is 1.77. The van der Waals surface area contributed by atoms with E-state index in [0.717, 1.165) is 6.54 Å². The molecule has 5 nitrogen and oxygen atoms in total. The quantitative estimate of drug-likeness (QED) is 0.833. The van der Waals surface area contributed by atoms with Gasteiger partial charge in [-0.1, -0.05) is 30.3 Å². The van der Waals surface area contributed by atoms with E-state index in [9.17, 15) is 9.59 Å². The van der Waals surface area contributed by atoms with Crippen LogP contribution in [0.4, 0.5) is 0 Å². The lowest BCUT2D eigenvalue weighted by atomic mass is 9.81. The van der Waals surface area contributed by atoms with E-state index in [1.165, 1.54) is 5.56 Å². The van der Waals surface area contributed by atoms with E-state index in [1.807, 2.05) is 18.2 Å². The van der Waals surface area contributed by atoms with E-state index >= 15 is 0 Å². The van der Waals surface area contributed by atoms with Gasteiger partial charge in [-0.2, -0.15) is 0 Å². The third kappa shape index (κ3) is 2.42. The number of amides is 1. The molecular weight excluding hydrogens is 268 g/mol. The largest absolute Gasteiger partial charge is 0.465 e. The highest BCUT2D eigenvalue weighted by Crippen LogP contribution is 2.41. The van der Waals surface area contributed by atoms with Crippen molar-refractivity contribution in [2.75, 3.05) is 26.2 Å². The first-order chi connectivity index (χ1) is 10.2. The summed E-state index contributed by atoms with van der Waals surface area (Å²) in [6, 6.07) is 10.1. The molecule has 21 heavy (non-hydrogen) atoms. The molecule has 112 valence electrons. The van der Waals surface area contributed by atoms with Gasteiger partial charge in [0.25, 0.3) is 0 Å². The lowest BCUT2D eigenvalue weighted by Gasteiger charge is -2.24. The Labute approximate surface area is 124 Å². The van der Waals surface area contributed by atoms with E-state index in [2.05, 4.69) is 22.3 Å². The molecule has 0 saturated carbocycles. The zero-order valence-corrected chi connectivity index (χ0v) is 12.2. The molecule has 5 heteroatoms. The first-order valence-corrected chi connectivity index (χ1v) is 7.37. The molecule has 0 unspecified atom stereocenters. The van der Waals surface area contributed by atoms with Crippen LogP contribution in [0.2, 0.25) is 0 Å². The predicted molar refractivity (Wildman–Crippen MR) is 77.3 cm³/mol. The van der Waals surface area contributed by atoms with E-state index in [1.54, 1.807) is 6.92 Å². The number of hydrogen-bond acceptors (Lipinski definition) is 4. The molecule has 2 heterocycles. The number of nitrogens with one attached hydrogen (secondary N) is 1. The molecule has 0 bridgehead atoms. The number of hydrogen-bond donors (Lipinski definition) is 1. The van der Waals surface area contributed by atoms with Crippen molar-refractivity contribution in [2.45, 2.75) is 13.5 Å². The number of likely N-dealkylation sites (tertiary alicyclic amines) is 1. The summed E-state index contributed by atoms with van der Waals surface area (Å²) in [4.78, 5) is 26.5. The number of rotatable bonds is 4. The van der Waals surface area contributed by atoms with Gasteiger partial charge in [0.15, 0.2) is 0 Å². The summed E-state index contributed by atoms with van der Waals surface area (Å²) >= 11 is 0. The summed E-state index contributed by atoms with van der Waals surface area (Å²) < 4.78 is 5.22. The topological polar surface area (TPSA) is 58.6 Å². The Hall–Kier alpha value is -1.88. The van der Waals surface area contributed by atoms with Crippen LogP contribution in [0.15, 0.2) is 30.3 Å². The second kappa shape index (κ2) is 5.48. The number of ether oxygens (including phenoxy) is 1. The van der Waals surface area contributed by atoms with Crippen LogP contribution in [0, 0.1) is 11.3 Å². The minimum Gasteiger partial charge on any atom is -0.465 e. The van der Waals surface area contributed by atoms with Gasteiger partial charge in [0.05, 0.1) is 12.5 Å². The van der Waals surface area contributed by atoms with Gasteiger partial charge in [-0.15, -0.1) is 0 Å². The van der Waals surface area contributed by atoms with Crippen LogP contribution in [0.5, 0.6) is 0 Å². The fraction of sp³-hybridized carbons (Fsp3) is 0.500. The fourth-order valence-corrected chi connectivity index (χ4v) is 3.40. The molecule has 1 aromatic carbocycles. The van der Waals surface area contributed by atoms with Crippen LogP contribution in [0.3, 0.4) is 0 Å². The lowest BCUT2D eigenvalue weighted by Crippen LogP contribution is -2.41. The molecule has 0 aromatic heterocycles. The zero-order valence-electron chi connectivity index (χ0n) is 12.2. The average Bonchev–Trinajstić information content (AvgIpc) is 2.99. The highest BCUT2D eigenvalue weighted by Gasteiger charge is 2.59. The molecule has 0 aliphatic carbocycles. The second-order valence-corrected chi connectivity index (χ2v) is 5.80. The van der Waals surface area contributed by atoms with Crippen molar-refractivity contribution < 1.29 is 14.3 Å². The summed E-state index contributed by atoms with van der Waals surface area (Å²) in [6.45, 7) is 4.47. The summed E-state index contributed by atoms with van der Waals surface area (Å²) in [7, 11) is 0. The number of fused-ring (bicyclic) bond motifs is 1. The van der Waals surface area contributed by atoms with Gasteiger partial charge in [-0.25, -0.2) is 0 Å². The number of nitrogens with zero attached hydrogens (tertiary/aromatic N) is 1. The predicted octanol–water partition coefficient (Wildman–Crippen LogP) is 0.798. The molecule has 0 radical (unpaired) electrons. The number of benzene rings is 1. The van der Waals surface area contributed by atoms with Crippen molar-refractivity contribution in [2.24, 2.45) is 11.3 Å². The molecule has 2 aliphatic heterocycles. The zero-order chi connectivity index (χ0) is 14.9. The third-order valence-corrected chi connectivity index (χ3v) is 4.44. The smallest absolute Gasteiger partial charge is 0.316 e. The van der Waals surface area contributed by atoms with Crippen LogP contribution < -0.4 is 5.32 Å². The second-order valence-electron chi connectivity index (χ2n) is 5.80. The molecule has 2 atom stereocenters. The van der Waals surface area contributed by atoms with Gasteiger partial charge in [0, 0.05) is 26.2 Å². The number of carbonyl (C=O) groups is 2. The molecule has 1 amide bonds. The molecule has 0 spiro atoms. The monoisotopic (exact) mass is 288 g/mol. The Morgan fingerprint density at radius 2 is 2.19 bits per heavy atom. The first kappa shape index (κ1) is 14.1. The van der Waals surface area contributed by atoms with E-state index in [4.69, 9.17) is 4.74 Å². The van der Waals surface area contributed by atoms with Gasteiger partial charge in [0.1, 0.15) is 5.41 Å². The summed E-state index contributed by atoms with van der Waals surface area (Å²) in [5.41, 5.74) is 0.485. The Morgan fingerprint density at radius 3 is 2.90 bits per heavy atom. The van der Waals surface area contributed by atoms with E-state index in [-0.39, 0.29) is 17.8 Å². The van der Waals surface area contributed by atoms with Gasteiger partial charge in [0.2, 0.25) is 5.91 Å². The van der Waals surface area contributed by atoms with Crippen molar-refractivity contribution in [3.63, 3.8) is 0 Å². The SMILES string of the molecule is CCOC(=O)[C@]12CNC(=O)[C@@H]1CN(Cc1ccccc1)C2. The lowest BCUT2D eigenvalue weighted by molar-refractivity contribution is -0.156. The average molecular weight is 288 g/mol. The van der Waals surface area contributed by atoms with Crippen LogP contribution in [0.25, 0.3) is 0 Å². The fourth-order valence-electron chi connectivity index (χ4n) is 3.40. The Morgan fingerprint density at radius 1 is 1.43 bits per heavy atom. The molecule has 3 rings (SSSR count). The third-order valence-electron chi connectivity index (χ3n) is 4.44. The number of carbonyl (C=O) groups excluding carboxylic acids is 2. The van der Waals surface area contributed by atoms with Crippen molar-refractivity contribution in [3.05, 3.63) is 35.9 Å². The summed E-state index contributed by atoms with van der Waals surface area (Å²) in [5, 5.41) is 2.82. The van der Waals surface area contributed by atoms with Crippen molar-refractivity contribution in [1.82, 2.24) is 10.2 Å². The van der Waals surface area contributed by atoms with Gasteiger partial charge in [-0.3, -0.25) is 14.5 Å². The van der Waals surface area contributed by atoms with Crippen LogP contribution >= 0.6 is 0 Å². The first-order valence-electron chi connectivity index (χ1n) is 7.37. The standard InChI is InChI=1S/C16H20N2O3/c1-2-21-15(20)16-10-17-14(19)13(16)9-18(11-16)8-12-6-4-3-5-7-12/h3-7,13H,2,8-11H2,1H3,(H,17,19)/t13-,16-/m0/s1. The van der Waals surface area contributed by atoms with Crippen molar-refractivity contribution >= 4 is 11.9 Å². The van der Waals surface area contributed by atoms with Crippen molar-refractivity contribution in [1.29, 1.82) is 0 Å². The molecule has 1 N–H and O–H groups in total. The Kier molecular flexibility index (Phi) is 3.68. The molecule has 1 aromatic rings. The number of esters is 1. The van der Waals surface area contributed by atoms with Crippen LogP contribution in [0.1, 0.15) is 12.5 Å². The van der Waals surface area contributed by atoms with Gasteiger partial charge < -0.3 is 10.1 Å². The van der Waals surface area contributed by atoms with Crippen LogP contribution in [-0.2, 0) is 20.9 Å². The van der Waals surface area contributed by atoms with E-state index in [0.29, 0.717) is 26.2 Å². The van der Waals surface area contributed by atoms with Gasteiger partial charge in [-0.05, 0) is 12.5 Å². The maximum Gasteiger partial charge on any atom is 0.316 e.